The Kier molecular flexibility index (Phi) is 5.21. The molecule has 0 bridgehead atoms. The molecule has 0 unspecified atom stereocenters. The molecular formula is C20H22FN3O2. The fourth-order valence-corrected chi connectivity index (χ4v) is 2.56. The van der Waals surface area contributed by atoms with Gasteiger partial charge in [0, 0.05) is 23.8 Å². The summed E-state index contributed by atoms with van der Waals surface area (Å²) in [6.07, 6.45) is 2.04. The number of halogens is 1. The minimum absolute atomic E-state index is 0.127. The molecule has 3 N–H and O–H groups in total. The number of aryl methyl sites for hydroxylation is 2. The van der Waals surface area contributed by atoms with E-state index >= 15 is 0 Å². The number of benzene rings is 2. The van der Waals surface area contributed by atoms with Crippen molar-refractivity contribution in [3.8, 4) is 0 Å². The van der Waals surface area contributed by atoms with Gasteiger partial charge in [-0.1, -0.05) is 18.2 Å². The van der Waals surface area contributed by atoms with Gasteiger partial charge in [0.25, 0.3) is 5.91 Å². The van der Waals surface area contributed by atoms with Gasteiger partial charge in [0.1, 0.15) is 5.82 Å². The molecule has 1 aliphatic rings. The lowest BCUT2D eigenvalue weighted by Crippen LogP contribution is -2.29. The number of amides is 3. The smallest absolute Gasteiger partial charge is 0.319 e. The summed E-state index contributed by atoms with van der Waals surface area (Å²) < 4.78 is 13.3. The molecular weight excluding hydrogens is 333 g/mol. The summed E-state index contributed by atoms with van der Waals surface area (Å²) in [5.41, 5.74) is 3.32. The van der Waals surface area contributed by atoms with Gasteiger partial charge >= 0.3 is 6.03 Å². The van der Waals surface area contributed by atoms with Gasteiger partial charge in [0.15, 0.2) is 0 Å². The quantitative estimate of drug-likeness (QED) is 0.766. The van der Waals surface area contributed by atoms with Crippen molar-refractivity contribution in [1.29, 1.82) is 0 Å². The minimum atomic E-state index is -0.380. The molecule has 0 spiro atoms. The van der Waals surface area contributed by atoms with Crippen molar-refractivity contribution < 1.29 is 14.0 Å². The maximum Gasteiger partial charge on any atom is 0.319 e. The zero-order valence-corrected chi connectivity index (χ0v) is 14.9. The summed E-state index contributed by atoms with van der Waals surface area (Å²) >= 11 is 0. The third kappa shape index (κ3) is 4.59. The van der Waals surface area contributed by atoms with E-state index in [1.54, 1.807) is 37.3 Å². The molecule has 1 aliphatic carbocycles. The van der Waals surface area contributed by atoms with Gasteiger partial charge in [0.2, 0.25) is 0 Å². The Balaban J connectivity index is 1.60. The van der Waals surface area contributed by atoms with Crippen molar-refractivity contribution in [2.45, 2.75) is 39.3 Å². The largest absolute Gasteiger partial charge is 0.349 e. The van der Waals surface area contributed by atoms with Crippen LogP contribution in [-0.4, -0.2) is 18.0 Å². The lowest BCUT2D eigenvalue weighted by molar-refractivity contribution is 0.0951. The number of urea groups is 1. The molecule has 3 rings (SSSR count). The van der Waals surface area contributed by atoms with Crippen molar-refractivity contribution in [2.75, 3.05) is 5.32 Å². The minimum Gasteiger partial charge on any atom is -0.349 e. The van der Waals surface area contributed by atoms with E-state index in [4.69, 9.17) is 0 Å². The van der Waals surface area contributed by atoms with E-state index in [2.05, 4.69) is 16.0 Å². The molecule has 0 aliphatic heterocycles. The van der Waals surface area contributed by atoms with Crippen LogP contribution in [-0.2, 0) is 6.54 Å². The van der Waals surface area contributed by atoms with Crippen LogP contribution in [0.15, 0.2) is 36.4 Å². The molecule has 2 aromatic carbocycles. The predicted molar refractivity (Wildman–Crippen MR) is 98.7 cm³/mol. The van der Waals surface area contributed by atoms with Crippen LogP contribution in [0.3, 0.4) is 0 Å². The summed E-state index contributed by atoms with van der Waals surface area (Å²) in [4.78, 5) is 24.3. The highest BCUT2D eigenvalue weighted by Crippen LogP contribution is 2.21. The van der Waals surface area contributed by atoms with Crippen molar-refractivity contribution in [2.24, 2.45) is 0 Å². The number of carbonyl (C=O) groups is 2. The molecule has 6 heteroatoms. The zero-order valence-electron chi connectivity index (χ0n) is 14.9. The van der Waals surface area contributed by atoms with Crippen LogP contribution in [0.2, 0.25) is 0 Å². The number of carbonyl (C=O) groups excluding carboxylic acids is 2. The molecule has 5 nitrogen and oxygen atoms in total. The number of anilines is 1. The number of hydrogen-bond acceptors (Lipinski definition) is 2. The van der Waals surface area contributed by atoms with Crippen LogP contribution in [0, 0.1) is 19.7 Å². The Morgan fingerprint density at radius 2 is 1.85 bits per heavy atom. The number of rotatable bonds is 5. The van der Waals surface area contributed by atoms with Crippen LogP contribution in [0.5, 0.6) is 0 Å². The van der Waals surface area contributed by atoms with Gasteiger partial charge in [-0.05, 0) is 61.6 Å². The first-order valence-corrected chi connectivity index (χ1v) is 8.64. The van der Waals surface area contributed by atoms with Gasteiger partial charge in [-0.3, -0.25) is 4.79 Å². The molecule has 0 aromatic heterocycles. The average molecular weight is 355 g/mol. The third-order valence-electron chi connectivity index (χ3n) is 4.34. The third-order valence-corrected chi connectivity index (χ3v) is 4.34. The van der Waals surface area contributed by atoms with E-state index in [1.165, 1.54) is 6.07 Å². The van der Waals surface area contributed by atoms with Crippen LogP contribution in [0.25, 0.3) is 0 Å². The molecule has 1 fully saturated rings. The van der Waals surface area contributed by atoms with Gasteiger partial charge in [-0.2, -0.15) is 0 Å². The molecule has 0 radical (unpaired) electrons. The normalized spacial score (nSPS) is 13.2. The molecule has 0 saturated heterocycles. The predicted octanol–water partition coefficient (Wildman–Crippen LogP) is 3.66. The molecule has 0 atom stereocenters. The second-order valence-electron chi connectivity index (χ2n) is 6.67. The Morgan fingerprint density at radius 1 is 1.08 bits per heavy atom. The molecule has 136 valence electrons. The zero-order chi connectivity index (χ0) is 18.7. The van der Waals surface area contributed by atoms with E-state index in [9.17, 15) is 14.0 Å². The second-order valence-corrected chi connectivity index (χ2v) is 6.67. The number of nitrogens with one attached hydrogen (secondary N) is 3. The standard InChI is InChI=1S/C20H22FN3O2/c1-12-3-5-15(19(25)23-16-6-7-16)10-18(12)24-20(26)22-11-14-4-8-17(21)13(2)9-14/h3-5,8-10,16H,6-7,11H2,1-2H3,(H,23,25)(H2,22,24,26). The SMILES string of the molecule is Cc1cc(CNC(=O)Nc2cc(C(=O)NC3CC3)ccc2C)ccc1F. The first-order valence-electron chi connectivity index (χ1n) is 8.64. The van der Waals surface area contributed by atoms with Crippen LogP contribution in [0.1, 0.15) is 39.9 Å². The number of hydrogen-bond donors (Lipinski definition) is 3. The topological polar surface area (TPSA) is 70.2 Å². The summed E-state index contributed by atoms with van der Waals surface area (Å²) in [5.74, 6) is -0.395. The van der Waals surface area contributed by atoms with Crippen LogP contribution >= 0.6 is 0 Å². The lowest BCUT2D eigenvalue weighted by atomic mass is 10.1. The molecule has 26 heavy (non-hydrogen) atoms. The first kappa shape index (κ1) is 17.9. The van der Waals surface area contributed by atoms with Crippen LogP contribution < -0.4 is 16.0 Å². The summed E-state index contributed by atoms with van der Waals surface area (Å²) in [5, 5.41) is 8.43. The van der Waals surface area contributed by atoms with Crippen LogP contribution in [0.4, 0.5) is 14.9 Å². The molecule has 0 heterocycles. The van der Waals surface area contributed by atoms with Crippen molar-refractivity contribution in [3.63, 3.8) is 0 Å². The highest BCUT2D eigenvalue weighted by Gasteiger charge is 2.24. The Morgan fingerprint density at radius 3 is 2.54 bits per heavy atom. The van der Waals surface area contributed by atoms with E-state index in [0.29, 0.717) is 16.8 Å². The van der Waals surface area contributed by atoms with Crippen molar-refractivity contribution in [3.05, 3.63) is 64.5 Å². The fourth-order valence-electron chi connectivity index (χ4n) is 2.56. The Bertz CT molecular complexity index is 847. The summed E-state index contributed by atoms with van der Waals surface area (Å²) in [6.45, 7) is 3.83. The lowest BCUT2D eigenvalue weighted by Gasteiger charge is -2.12. The average Bonchev–Trinajstić information content (AvgIpc) is 3.42. The van der Waals surface area contributed by atoms with E-state index in [-0.39, 0.29) is 30.3 Å². The van der Waals surface area contributed by atoms with Crippen molar-refractivity contribution >= 4 is 17.6 Å². The van der Waals surface area contributed by atoms with Crippen molar-refractivity contribution in [1.82, 2.24) is 10.6 Å². The van der Waals surface area contributed by atoms with Gasteiger partial charge < -0.3 is 16.0 Å². The molecule has 1 saturated carbocycles. The summed E-state index contributed by atoms with van der Waals surface area (Å²) in [6, 6.07) is 9.85. The first-order chi connectivity index (χ1) is 12.4. The van der Waals surface area contributed by atoms with E-state index in [0.717, 1.165) is 24.0 Å². The van der Waals surface area contributed by atoms with E-state index < -0.39 is 0 Å². The molecule has 2 aromatic rings. The Labute approximate surface area is 152 Å². The summed E-state index contributed by atoms with van der Waals surface area (Å²) in [7, 11) is 0. The second kappa shape index (κ2) is 7.56. The maximum absolute atomic E-state index is 13.3. The monoisotopic (exact) mass is 355 g/mol. The van der Waals surface area contributed by atoms with Gasteiger partial charge in [0.05, 0.1) is 0 Å². The Hall–Kier alpha value is -2.89. The van der Waals surface area contributed by atoms with Gasteiger partial charge in [-0.25, -0.2) is 9.18 Å². The fraction of sp³-hybridized carbons (Fsp3) is 0.300. The van der Waals surface area contributed by atoms with Gasteiger partial charge in [-0.15, -0.1) is 0 Å². The maximum atomic E-state index is 13.3. The highest BCUT2D eigenvalue weighted by molar-refractivity contribution is 5.97. The molecule has 3 amide bonds. The highest BCUT2D eigenvalue weighted by atomic mass is 19.1. The van der Waals surface area contributed by atoms with E-state index in [1.807, 2.05) is 6.92 Å².